The topological polar surface area (TPSA) is 38.3 Å². The molecule has 0 aliphatic rings. The van der Waals surface area contributed by atoms with Crippen molar-refractivity contribution in [1.29, 1.82) is 0 Å². The van der Waals surface area contributed by atoms with Crippen LogP contribution in [0.5, 0.6) is 0 Å². The summed E-state index contributed by atoms with van der Waals surface area (Å²) >= 11 is 0. The third-order valence-corrected chi connectivity index (χ3v) is 2.23. The molecule has 94 valence electrons. The van der Waals surface area contributed by atoms with Crippen molar-refractivity contribution in [3.05, 3.63) is 48.6 Å². The van der Waals surface area contributed by atoms with Gasteiger partial charge in [0.05, 0.1) is 6.61 Å². The number of benzene rings is 1. The van der Waals surface area contributed by atoms with Crippen molar-refractivity contribution in [2.24, 2.45) is 5.41 Å². The molecule has 1 aromatic rings. The van der Waals surface area contributed by atoms with Gasteiger partial charge in [0.2, 0.25) is 0 Å². The van der Waals surface area contributed by atoms with Gasteiger partial charge < -0.3 is 0 Å². The Bertz CT molecular complexity index is 466. The molecule has 1 aromatic carbocycles. The van der Waals surface area contributed by atoms with Gasteiger partial charge in [-0.15, -0.1) is 6.58 Å². The Kier molecular flexibility index (Phi) is 5.16. The highest BCUT2D eigenvalue weighted by Crippen LogP contribution is 2.13. The monoisotopic (exact) mass is 243 g/mol. The summed E-state index contributed by atoms with van der Waals surface area (Å²) in [6.07, 6.45) is 1.56. The van der Waals surface area contributed by atoms with Crippen LogP contribution in [0.25, 0.3) is 0 Å². The molecule has 0 fully saturated rings. The van der Waals surface area contributed by atoms with E-state index >= 15 is 0 Å². The number of carbonyl (C=O) groups excluding carboxylic acids is 1. The SMILES string of the molecule is C=CCONC(=O)C(C)(C)C#Cc1ccccc1. The van der Waals surface area contributed by atoms with Crippen LogP contribution in [0.15, 0.2) is 43.0 Å². The van der Waals surface area contributed by atoms with Gasteiger partial charge in [-0.25, -0.2) is 5.48 Å². The highest BCUT2D eigenvalue weighted by Gasteiger charge is 2.25. The number of hydroxylamine groups is 1. The second-order valence-electron chi connectivity index (χ2n) is 4.27. The van der Waals surface area contributed by atoms with E-state index in [1.807, 2.05) is 30.3 Å². The number of hydrogen-bond donors (Lipinski definition) is 1. The molecule has 1 amide bonds. The van der Waals surface area contributed by atoms with E-state index in [2.05, 4.69) is 23.9 Å². The summed E-state index contributed by atoms with van der Waals surface area (Å²) < 4.78 is 0. The molecule has 18 heavy (non-hydrogen) atoms. The molecule has 0 saturated heterocycles. The van der Waals surface area contributed by atoms with Gasteiger partial charge in [-0.2, -0.15) is 0 Å². The van der Waals surface area contributed by atoms with Crippen LogP contribution in [0.3, 0.4) is 0 Å². The zero-order valence-corrected chi connectivity index (χ0v) is 10.7. The molecule has 0 spiro atoms. The lowest BCUT2D eigenvalue weighted by Gasteiger charge is -2.16. The van der Waals surface area contributed by atoms with E-state index < -0.39 is 5.41 Å². The molecule has 0 aromatic heterocycles. The van der Waals surface area contributed by atoms with Crippen LogP contribution in [0, 0.1) is 17.3 Å². The van der Waals surface area contributed by atoms with Crippen molar-refractivity contribution in [3.63, 3.8) is 0 Å². The summed E-state index contributed by atoms with van der Waals surface area (Å²) in [5.74, 6) is 5.63. The van der Waals surface area contributed by atoms with Crippen molar-refractivity contribution in [3.8, 4) is 11.8 Å². The maximum atomic E-state index is 11.8. The van der Waals surface area contributed by atoms with Crippen LogP contribution in [0.4, 0.5) is 0 Å². The van der Waals surface area contributed by atoms with Crippen LogP contribution in [-0.2, 0) is 9.63 Å². The van der Waals surface area contributed by atoms with E-state index in [4.69, 9.17) is 4.84 Å². The number of hydrogen-bond acceptors (Lipinski definition) is 2. The van der Waals surface area contributed by atoms with E-state index in [0.717, 1.165) is 5.56 Å². The Labute approximate surface area is 108 Å². The van der Waals surface area contributed by atoms with Gasteiger partial charge in [0.1, 0.15) is 5.41 Å². The lowest BCUT2D eigenvalue weighted by molar-refractivity contribution is -0.138. The number of amides is 1. The normalized spacial score (nSPS) is 10.1. The van der Waals surface area contributed by atoms with Gasteiger partial charge in [-0.3, -0.25) is 9.63 Å². The first-order chi connectivity index (χ1) is 8.56. The minimum absolute atomic E-state index is 0.271. The zero-order valence-electron chi connectivity index (χ0n) is 10.7. The lowest BCUT2D eigenvalue weighted by atomic mass is 9.93. The van der Waals surface area contributed by atoms with E-state index in [1.165, 1.54) is 0 Å². The predicted molar refractivity (Wildman–Crippen MR) is 71.4 cm³/mol. The van der Waals surface area contributed by atoms with E-state index in [-0.39, 0.29) is 12.5 Å². The average Bonchev–Trinajstić information content (AvgIpc) is 2.38. The highest BCUT2D eigenvalue weighted by molar-refractivity contribution is 5.84. The Morgan fingerprint density at radius 1 is 1.44 bits per heavy atom. The van der Waals surface area contributed by atoms with Gasteiger partial charge in [0.15, 0.2) is 0 Å². The van der Waals surface area contributed by atoms with Crippen molar-refractivity contribution >= 4 is 5.91 Å². The molecular formula is C15H17NO2. The minimum atomic E-state index is -0.809. The first-order valence-electron chi connectivity index (χ1n) is 5.67. The summed E-state index contributed by atoms with van der Waals surface area (Å²) in [4.78, 5) is 16.7. The fourth-order valence-corrected chi connectivity index (χ4v) is 1.10. The van der Waals surface area contributed by atoms with E-state index in [9.17, 15) is 4.79 Å². The maximum absolute atomic E-state index is 11.8. The Morgan fingerprint density at radius 2 is 2.11 bits per heavy atom. The number of rotatable bonds is 4. The maximum Gasteiger partial charge on any atom is 0.261 e. The molecule has 1 rings (SSSR count). The van der Waals surface area contributed by atoms with Crippen molar-refractivity contribution in [1.82, 2.24) is 5.48 Å². The summed E-state index contributed by atoms with van der Waals surface area (Å²) in [7, 11) is 0. The van der Waals surface area contributed by atoms with Crippen LogP contribution in [0.2, 0.25) is 0 Å². The molecule has 3 heteroatoms. The molecule has 0 aliphatic heterocycles. The molecule has 0 heterocycles. The van der Waals surface area contributed by atoms with Crippen LogP contribution < -0.4 is 5.48 Å². The fraction of sp³-hybridized carbons (Fsp3) is 0.267. The molecule has 0 atom stereocenters. The van der Waals surface area contributed by atoms with Gasteiger partial charge >= 0.3 is 0 Å². The van der Waals surface area contributed by atoms with Gasteiger partial charge in [0.25, 0.3) is 5.91 Å². The predicted octanol–water partition coefficient (Wildman–Crippen LogP) is 2.30. The fourth-order valence-electron chi connectivity index (χ4n) is 1.10. The van der Waals surface area contributed by atoms with Crippen molar-refractivity contribution < 1.29 is 9.63 Å². The molecule has 0 radical (unpaired) electrons. The third-order valence-electron chi connectivity index (χ3n) is 2.23. The Morgan fingerprint density at radius 3 is 2.72 bits per heavy atom. The molecule has 0 saturated carbocycles. The second-order valence-corrected chi connectivity index (χ2v) is 4.27. The van der Waals surface area contributed by atoms with Crippen molar-refractivity contribution in [2.45, 2.75) is 13.8 Å². The quantitative estimate of drug-likeness (QED) is 0.381. The summed E-state index contributed by atoms with van der Waals surface area (Å²) in [6, 6.07) is 9.53. The summed E-state index contributed by atoms with van der Waals surface area (Å²) in [6.45, 7) is 7.25. The summed E-state index contributed by atoms with van der Waals surface area (Å²) in [5.41, 5.74) is 2.42. The highest BCUT2D eigenvalue weighted by atomic mass is 16.6. The zero-order chi connectivity index (χ0) is 13.4. The largest absolute Gasteiger partial charge is 0.271 e. The Balaban J connectivity index is 2.66. The number of carbonyl (C=O) groups is 1. The van der Waals surface area contributed by atoms with E-state index in [1.54, 1.807) is 19.9 Å². The van der Waals surface area contributed by atoms with Gasteiger partial charge in [-0.05, 0) is 26.0 Å². The lowest BCUT2D eigenvalue weighted by Crippen LogP contribution is -2.36. The Hall–Kier alpha value is -2.05. The molecule has 0 bridgehead atoms. The second kappa shape index (κ2) is 6.63. The molecular weight excluding hydrogens is 226 g/mol. The van der Waals surface area contributed by atoms with Crippen molar-refractivity contribution in [2.75, 3.05) is 6.61 Å². The number of nitrogens with one attached hydrogen (secondary N) is 1. The standard InChI is InChI=1S/C15H17NO2/c1-4-12-18-16-14(17)15(2,3)11-10-13-8-6-5-7-9-13/h4-9H,1,12H2,2-3H3,(H,16,17). The first-order valence-corrected chi connectivity index (χ1v) is 5.67. The third kappa shape index (κ3) is 4.44. The first kappa shape index (κ1) is 14.0. The molecule has 0 unspecified atom stereocenters. The van der Waals surface area contributed by atoms with Crippen LogP contribution in [0.1, 0.15) is 19.4 Å². The smallest absolute Gasteiger partial charge is 0.261 e. The van der Waals surface area contributed by atoms with E-state index in [0.29, 0.717) is 0 Å². The van der Waals surface area contributed by atoms with Crippen LogP contribution >= 0.6 is 0 Å². The van der Waals surface area contributed by atoms with Gasteiger partial charge in [-0.1, -0.05) is 36.1 Å². The molecule has 3 nitrogen and oxygen atoms in total. The minimum Gasteiger partial charge on any atom is -0.271 e. The molecule has 0 aliphatic carbocycles. The average molecular weight is 243 g/mol. The molecule has 1 N–H and O–H groups in total. The van der Waals surface area contributed by atoms with Crippen LogP contribution in [-0.4, -0.2) is 12.5 Å². The summed E-state index contributed by atoms with van der Waals surface area (Å²) in [5, 5.41) is 0. The van der Waals surface area contributed by atoms with Gasteiger partial charge in [0, 0.05) is 5.56 Å².